The Kier molecular flexibility index (Phi) is 8.52. The van der Waals surface area contributed by atoms with Crippen LogP contribution in [-0.2, 0) is 11.2 Å². The Morgan fingerprint density at radius 1 is 1.05 bits per heavy atom. The Balaban J connectivity index is 2.41. The lowest BCUT2D eigenvalue weighted by atomic mass is 10.0. The van der Waals surface area contributed by atoms with Gasteiger partial charge in [-0.1, -0.05) is 43.7 Å². The highest BCUT2D eigenvalue weighted by atomic mass is 16.5. The van der Waals surface area contributed by atoms with Crippen molar-refractivity contribution in [3.8, 4) is 0 Å². The first-order chi connectivity index (χ1) is 9.26. The third-order valence-electron chi connectivity index (χ3n) is 3.24. The molecule has 0 aliphatic rings. The fourth-order valence-corrected chi connectivity index (χ4v) is 2.11. The highest BCUT2D eigenvalue weighted by molar-refractivity contribution is 5.22. The van der Waals surface area contributed by atoms with Crippen LogP contribution in [0.15, 0.2) is 24.3 Å². The molecule has 1 unspecified atom stereocenters. The molecule has 0 saturated carbocycles. The van der Waals surface area contributed by atoms with Crippen LogP contribution in [-0.4, -0.2) is 25.8 Å². The van der Waals surface area contributed by atoms with Crippen LogP contribution in [0.2, 0.25) is 0 Å². The first-order valence-corrected chi connectivity index (χ1v) is 7.63. The molecule has 19 heavy (non-hydrogen) atoms. The van der Waals surface area contributed by atoms with Crippen molar-refractivity contribution in [1.82, 2.24) is 5.32 Å². The van der Waals surface area contributed by atoms with Gasteiger partial charge in [-0.05, 0) is 44.7 Å². The van der Waals surface area contributed by atoms with Gasteiger partial charge in [-0.15, -0.1) is 0 Å². The van der Waals surface area contributed by atoms with Crippen LogP contribution >= 0.6 is 0 Å². The molecule has 0 bridgehead atoms. The van der Waals surface area contributed by atoms with Gasteiger partial charge >= 0.3 is 0 Å². The van der Waals surface area contributed by atoms with E-state index in [0.717, 1.165) is 39.0 Å². The van der Waals surface area contributed by atoms with Crippen molar-refractivity contribution in [2.24, 2.45) is 0 Å². The first kappa shape index (κ1) is 16.2. The van der Waals surface area contributed by atoms with Crippen molar-refractivity contribution in [3.05, 3.63) is 35.4 Å². The van der Waals surface area contributed by atoms with E-state index < -0.39 is 0 Å². The van der Waals surface area contributed by atoms with Crippen molar-refractivity contribution >= 4 is 0 Å². The lowest BCUT2D eigenvalue weighted by Crippen LogP contribution is -2.33. The van der Waals surface area contributed by atoms with Gasteiger partial charge in [0, 0.05) is 19.3 Å². The number of aryl methyl sites for hydroxylation is 1. The number of hydrogen-bond donors (Lipinski definition) is 1. The summed E-state index contributed by atoms with van der Waals surface area (Å²) in [5.41, 5.74) is 2.74. The molecule has 0 aromatic heterocycles. The van der Waals surface area contributed by atoms with E-state index in [0.29, 0.717) is 6.04 Å². The molecule has 1 aromatic carbocycles. The summed E-state index contributed by atoms with van der Waals surface area (Å²) in [4.78, 5) is 0. The summed E-state index contributed by atoms with van der Waals surface area (Å²) >= 11 is 0. The average Bonchev–Trinajstić information content (AvgIpc) is 2.43. The third kappa shape index (κ3) is 7.34. The summed E-state index contributed by atoms with van der Waals surface area (Å²) in [6, 6.07) is 9.39. The van der Waals surface area contributed by atoms with Crippen LogP contribution in [0.3, 0.4) is 0 Å². The van der Waals surface area contributed by atoms with Crippen LogP contribution < -0.4 is 5.32 Å². The maximum Gasteiger partial charge on any atom is 0.0480 e. The molecule has 0 heterocycles. The van der Waals surface area contributed by atoms with Crippen molar-refractivity contribution in [1.29, 1.82) is 0 Å². The minimum absolute atomic E-state index is 0.527. The number of rotatable bonds is 10. The van der Waals surface area contributed by atoms with Crippen molar-refractivity contribution in [2.75, 3.05) is 19.8 Å². The first-order valence-electron chi connectivity index (χ1n) is 7.63. The van der Waals surface area contributed by atoms with Crippen LogP contribution in [0.25, 0.3) is 0 Å². The van der Waals surface area contributed by atoms with Crippen LogP contribution in [0, 0.1) is 6.92 Å². The van der Waals surface area contributed by atoms with Gasteiger partial charge in [-0.2, -0.15) is 0 Å². The van der Waals surface area contributed by atoms with Crippen molar-refractivity contribution in [2.45, 2.75) is 52.5 Å². The molecule has 1 atom stereocenters. The molecule has 2 nitrogen and oxygen atoms in total. The Hall–Kier alpha value is -0.860. The second-order valence-corrected chi connectivity index (χ2v) is 5.24. The van der Waals surface area contributed by atoms with E-state index >= 15 is 0 Å². The molecule has 0 fully saturated rings. The second kappa shape index (κ2) is 9.99. The van der Waals surface area contributed by atoms with E-state index in [2.05, 4.69) is 50.4 Å². The second-order valence-electron chi connectivity index (χ2n) is 5.24. The van der Waals surface area contributed by atoms with Crippen LogP contribution in [0.4, 0.5) is 0 Å². The normalized spacial score (nSPS) is 12.6. The number of benzene rings is 1. The SMILES string of the molecule is CCCNC(CCOCCC)Cc1ccc(C)cc1. The maximum atomic E-state index is 5.61. The van der Waals surface area contributed by atoms with E-state index in [-0.39, 0.29) is 0 Å². The number of ether oxygens (including phenoxy) is 1. The van der Waals surface area contributed by atoms with E-state index in [1.165, 1.54) is 17.5 Å². The minimum atomic E-state index is 0.527. The molecule has 0 amide bonds. The Labute approximate surface area is 118 Å². The quantitative estimate of drug-likeness (QED) is 0.650. The van der Waals surface area contributed by atoms with Crippen molar-refractivity contribution in [3.63, 3.8) is 0 Å². The summed E-state index contributed by atoms with van der Waals surface area (Å²) in [6.07, 6.45) is 4.47. The van der Waals surface area contributed by atoms with E-state index in [4.69, 9.17) is 4.74 Å². The minimum Gasteiger partial charge on any atom is -0.381 e. The fourth-order valence-electron chi connectivity index (χ4n) is 2.11. The highest BCUT2D eigenvalue weighted by Crippen LogP contribution is 2.08. The summed E-state index contributed by atoms with van der Waals surface area (Å²) in [5, 5.41) is 3.63. The van der Waals surface area contributed by atoms with Gasteiger partial charge in [0.1, 0.15) is 0 Å². The van der Waals surface area contributed by atoms with Gasteiger partial charge < -0.3 is 10.1 Å². The van der Waals surface area contributed by atoms with Gasteiger partial charge in [0.05, 0.1) is 0 Å². The van der Waals surface area contributed by atoms with Crippen LogP contribution in [0.1, 0.15) is 44.2 Å². The molecule has 0 aliphatic heterocycles. The lowest BCUT2D eigenvalue weighted by Gasteiger charge is -2.18. The topological polar surface area (TPSA) is 21.3 Å². The van der Waals surface area contributed by atoms with Crippen LogP contribution in [0.5, 0.6) is 0 Å². The van der Waals surface area contributed by atoms with Gasteiger partial charge in [-0.25, -0.2) is 0 Å². The predicted molar refractivity (Wildman–Crippen MR) is 82.7 cm³/mol. The molecular formula is C17H29NO. The fraction of sp³-hybridized carbons (Fsp3) is 0.647. The molecule has 0 aliphatic carbocycles. The number of nitrogens with one attached hydrogen (secondary N) is 1. The Bertz CT molecular complexity index is 321. The Morgan fingerprint density at radius 3 is 2.42 bits per heavy atom. The lowest BCUT2D eigenvalue weighted by molar-refractivity contribution is 0.124. The summed E-state index contributed by atoms with van der Waals surface area (Å²) < 4.78 is 5.61. The van der Waals surface area contributed by atoms with Gasteiger partial charge in [-0.3, -0.25) is 0 Å². The molecule has 2 heteroatoms. The average molecular weight is 263 g/mol. The van der Waals surface area contributed by atoms with E-state index in [1.54, 1.807) is 0 Å². The van der Waals surface area contributed by atoms with E-state index in [1.807, 2.05) is 0 Å². The van der Waals surface area contributed by atoms with E-state index in [9.17, 15) is 0 Å². The molecule has 0 saturated heterocycles. The summed E-state index contributed by atoms with van der Waals surface area (Å²) in [6.45, 7) is 9.33. The largest absolute Gasteiger partial charge is 0.381 e. The van der Waals surface area contributed by atoms with Gasteiger partial charge in [0.2, 0.25) is 0 Å². The predicted octanol–water partition coefficient (Wildman–Crippen LogP) is 3.72. The third-order valence-corrected chi connectivity index (χ3v) is 3.24. The molecule has 1 N–H and O–H groups in total. The van der Waals surface area contributed by atoms with Gasteiger partial charge in [0.15, 0.2) is 0 Å². The zero-order valence-corrected chi connectivity index (χ0v) is 12.7. The molecule has 0 spiro atoms. The molecule has 108 valence electrons. The smallest absolute Gasteiger partial charge is 0.0480 e. The number of hydrogen-bond acceptors (Lipinski definition) is 2. The maximum absolute atomic E-state index is 5.61. The van der Waals surface area contributed by atoms with Crippen molar-refractivity contribution < 1.29 is 4.74 Å². The zero-order valence-electron chi connectivity index (χ0n) is 12.7. The zero-order chi connectivity index (χ0) is 13.9. The Morgan fingerprint density at radius 2 is 1.79 bits per heavy atom. The highest BCUT2D eigenvalue weighted by Gasteiger charge is 2.08. The monoisotopic (exact) mass is 263 g/mol. The van der Waals surface area contributed by atoms with Gasteiger partial charge in [0.25, 0.3) is 0 Å². The molecular weight excluding hydrogens is 234 g/mol. The summed E-state index contributed by atoms with van der Waals surface area (Å²) in [7, 11) is 0. The molecule has 1 rings (SSSR count). The molecule has 0 radical (unpaired) electrons. The summed E-state index contributed by atoms with van der Waals surface area (Å²) in [5.74, 6) is 0. The molecule has 1 aromatic rings. The standard InChI is InChI=1S/C17H29NO/c1-4-11-18-17(10-13-19-12-5-2)14-16-8-6-15(3)7-9-16/h6-9,17-18H,4-5,10-14H2,1-3H3.